The van der Waals surface area contributed by atoms with E-state index in [1.165, 1.54) is 44.9 Å². The van der Waals surface area contributed by atoms with Gasteiger partial charge < -0.3 is 19.5 Å². The molecular formula is C26H38N8O3. The van der Waals surface area contributed by atoms with Crippen molar-refractivity contribution in [2.75, 3.05) is 30.0 Å². The predicted molar refractivity (Wildman–Crippen MR) is 141 cm³/mol. The lowest BCUT2D eigenvalue weighted by molar-refractivity contribution is 0.0976. The Morgan fingerprint density at radius 3 is 2.59 bits per heavy atom. The monoisotopic (exact) mass is 510 g/mol. The van der Waals surface area contributed by atoms with Crippen LogP contribution in [0.3, 0.4) is 0 Å². The van der Waals surface area contributed by atoms with Gasteiger partial charge in [-0.15, -0.1) is 0 Å². The molecule has 3 fully saturated rings. The van der Waals surface area contributed by atoms with Gasteiger partial charge in [0.1, 0.15) is 5.52 Å². The van der Waals surface area contributed by atoms with Crippen molar-refractivity contribution in [3.05, 3.63) is 10.6 Å². The molecule has 0 spiro atoms. The van der Waals surface area contributed by atoms with Crippen LogP contribution < -0.4 is 16.0 Å². The molecule has 11 nitrogen and oxygen atoms in total. The maximum atomic E-state index is 11.7. The van der Waals surface area contributed by atoms with Crippen molar-refractivity contribution in [3.63, 3.8) is 0 Å². The molecule has 3 aliphatic rings. The molecule has 2 aliphatic carbocycles. The molecule has 0 aromatic carbocycles. The highest BCUT2D eigenvalue weighted by Crippen LogP contribution is 2.37. The predicted octanol–water partition coefficient (Wildman–Crippen LogP) is 3.82. The van der Waals surface area contributed by atoms with E-state index in [9.17, 15) is 4.79 Å². The molecule has 200 valence electrons. The van der Waals surface area contributed by atoms with Gasteiger partial charge in [0.2, 0.25) is 17.6 Å². The zero-order valence-electron chi connectivity index (χ0n) is 22.1. The van der Waals surface area contributed by atoms with Gasteiger partial charge in [-0.1, -0.05) is 31.3 Å². The fourth-order valence-corrected chi connectivity index (χ4v) is 6.02. The highest BCUT2D eigenvalue weighted by Gasteiger charge is 2.31. The number of nitrogens with zero attached hydrogens (tertiary/aromatic N) is 6. The van der Waals surface area contributed by atoms with Crippen LogP contribution in [0.15, 0.2) is 9.32 Å². The van der Waals surface area contributed by atoms with E-state index in [2.05, 4.69) is 45.7 Å². The van der Waals surface area contributed by atoms with Crippen LogP contribution in [0.1, 0.15) is 65.7 Å². The summed E-state index contributed by atoms with van der Waals surface area (Å²) in [7, 11) is 0. The molecule has 3 aromatic heterocycles. The summed E-state index contributed by atoms with van der Waals surface area (Å²) >= 11 is 0. The maximum Gasteiger partial charge on any atom is 0.439 e. The molecule has 0 bridgehead atoms. The number of aromatic nitrogens is 6. The SMILES string of the molecule is C[C@@H]1COCCN1c1nc2nc(-c3noc(=O)[nH]3)nc(N[C@H](C)C3CCC3)c2n1C[C@H]1CC[C@H](C)CC1. The standard InChI is InChI=1S/C26H38N8O3/c1-15-7-9-18(10-8-15)13-34-20-21(27-17(3)19-5-4-6-19)28-23(24-31-26(35)37-32-24)29-22(20)30-25(34)33-11-12-36-14-16(33)2/h15-19H,4-14H2,1-3H3,(H,27,28,29)(H,31,32,35)/t15-,16-,17-,18-/m1/s1. The molecule has 37 heavy (non-hydrogen) atoms. The van der Waals surface area contributed by atoms with E-state index in [0.29, 0.717) is 36.5 Å². The van der Waals surface area contributed by atoms with E-state index in [4.69, 9.17) is 24.2 Å². The van der Waals surface area contributed by atoms with Crippen LogP contribution in [-0.4, -0.2) is 61.5 Å². The first-order valence-corrected chi connectivity index (χ1v) is 13.9. The summed E-state index contributed by atoms with van der Waals surface area (Å²) in [6.45, 7) is 9.78. The number of ether oxygens (including phenoxy) is 1. The van der Waals surface area contributed by atoms with Gasteiger partial charge in [0.15, 0.2) is 11.5 Å². The Kier molecular flexibility index (Phi) is 6.64. The first kappa shape index (κ1) is 24.4. The summed E-state index contributed by atoms with van der Waals surface area (Å²) in [5.74, 6) is 3.56. The summed E-state index contributed by atoms with van der Waals surface area (Å²) in [6.07, 6.45) is 8.70. The number of morpholine rings is 1. The van der Waals surface area contributed by atoms with Gasteiger partial charge in [-0.2, -0.15) is 4.98 Å². The summed E-state index contributed by atoms with van der Waals surface area (Å²) in [5, 5.41) is 7.56. The van der Waals surface area contributed by atoms with Crippen LogP contribution in [-0.2, 0) is 11.3 Å². The number of imidazole rings is 1. The van der Waals surface area contributed by atoms with E-state index in [-0.39, 0.29) is 17.9 Å². The molecule has 1 saturated heterocycles. The highest BCUT2D eigenvalue weighted by molar-refractivity contribution is 5.87. The van der Waals surface area contributed by atoms with Gasteiger partial charge in [0.05, 0.1) is 19.3 Å². The van der Waals surface area contributed by atoms with Crippen molar-refractivity contribution in [2.45, 2.75) is 84.3 Å². The lowest BCUT2D eigenvalue weighted by atomic mass is 9.80. The Bertz CT molecular complexity index is 1290. The maximum absolute atomic E-state index is 11.7. The summed E-state index contributed by atoms with van der Waals surface area (Å²) in [5.41, 5.74) is 1.53. The fraction of sp³-hybridized carbons (Fsp3) is 0.731. The average Bonchev–Trinajstić information content (AvgIpc) is 3.43. The van der Waals surface area contributed by atoms with Gasteiger partial charge in [0.25, 0.3) is 0 Å². The molecule has 1 aliphatic heterocycles. The van der Waals surface area contributed by atoms with Crippen molar-refractivity contribution in [2.24, 2.45) is 17.8 Å². The van der Waals surface area contributed by atoms with Gasteiger partial charge in [-0.3, -0.25) is 9.51 Å². The van der Waals surface area contributed by atoms with Gasteiger partial charge in [-0.05, 0) is 57.3 Å². The third-order valence-electron chi connectivity index (χ3n) is 8.66. The van der Waals surface area contributed by atoms with Crippen LogP contribution >= 0.6 is 0 Å². The van der Waals surface area contributed by atoms with Crippen molar-refractivity contribution in [1.82, 2.24) is 29.7 Å². The Morgan fingerprint density at radius 2 is 1.92 bits per heavy atom. The minimum Gasteiger partial charge on any atom is -0.377 e. The second kappa shape index (κ2) is 10.1. The van der Waals surface area contributed by atoms with E-state index < -0.39 is 5.76 Å². The largest absolute Gasteiger partial charge is 0.439 e. The van der Waals surface area contributed by atoms with E-state index in [1.54, 1.807) is 0 Å². The minimum absolute atomic E-state index is 0.209. The lowest BCUT2D eigenvalue weighted by Crippen LogP contribution is -2.45. The molecule has 0 amide bonds. The zero-order chi connectivity index (χ0) is 25.5. The molecule has 0 unspecified atom stereocenters. The van der Waals surface area contributed by atoms with Crippen LogP contribution in [0.2, 0.25) is 0 Å². The molecule has 4 heterocycles. The number of rotatable bonds is 7. The minimum atomic E-state index is -0.629. The Morgan fingerprint density at radius 1 is 1.11 bits per heavy atom. The Labute approximate surface area is 216 Å². The molecule has 2 atom stereocenters. The molecular weight excluding hydrogens is 472 g/mol. The highest BCUT2D eigenvalue weighted by atomic mass is 16.5. The number of hydrogen-bond donors (Lipinski definition) is 2. The van der Waals surface area contributed by atoms with E-state index in [0.717, 1.165) is 36.3 Å². The Hall–Kier alpha value is -2.95. The summed E-state index contributed by atoms with van der Waals surface area (Å²) in [4.78, 5) is 31.4. The second-order valence-electron chi connectivity index (χ2n) is 11.4. The van der Waals surface area contributed by atoms with Crippen LogP contribution in [0.5, 0.6) is 0 Å². The van der Waals surface area contributed by atoms with Gasteiger partial charge in [0, 0.05) is 19.1 Å². The molecule has 6 rings (SSSR count). The smallest absolute Gasteiger partial charge is 0.377 e. The Balaban J connectivity index is 1.48. The lowest BCUT2D eigenvalue weighted by Gasteiger charge is -2.35. The fourth-order valence-electron chi connectivity index (χ4n) is 6.02. The molecule has 0 radical (unpaired) electrons. The third-order valence-corrected chi connectivity index (χ3v) is 8.66. The number of anilines is 2. The quantitative estimate of drug-likeness (QED) is 0.487. The zero-order valence-corrected chi connectivity index (χ0v) is 22.1. The van der Waals surface area contributed by atoms with E-state index in [1.807, 2.05) is 0 Å². The van der Waals surface area contributed by atoms with Crippen LogP contribution in [0.4, 0.5) is 11.8 Å². The normalized spacial score (nSPS) is 25.8. The third kappa shape index (κ3) is 4.85. The first-order chi connectivity index (χ1) is 18.0. The molecule has 11 heteroatoms. The van der Waals surface area contributed by atoms with Crippen LogP contribution in [0.25, 0.3) is 22.8 Å². The average molecular weight is 511 g/mol. The van der Waals surface area contributed by atoms with Crippen molar-refractivity contribution < 1.29 is 9.26 Å². The van der Waals surface area contributed by atoms with Gasteiger partial charge in [-0.25, -0.2) is 14.8 Å². The first-order valence-electron chi connectivity index (χ1n) is 13.9. The molecule has 3 aromatic rings. The molecule has 2 N–H and O–H groups in total. The van der Waals surface area contributed by atoms with Crippen LogP contribution in [0, 0.1) is 17.8 Å². The molecule has 2 saturated carbocycles. The van der Waals surface area contributed by atoms with Gasteiger partial charge >= 0.3 is 5.76 Å². The number of hydrogen-bond acceptors (Lipinski definition) is 9. The number of H-pyrrole nitrogens is 1. The number of aromatic amines is 1. The van der Waals surface area contributed by atoms with Crippen molar-refractivity contribution in [1.29, 1.82) is 0 Å². The second-order valence-corrected chi connectivity index (χ2v) is 11.4. The summed E-state index contributed by atoms with van der Waals surface area (Å²) < 4.78 is 12.8. The summed E-state index contributed by atoms with van der Waals surface area (Å²) in [6, 6.07) is 0.473. The van der Waals surface area contributed by atoms with E-state index >= 15 is 0 Å². The topological polar surface area (TPSA) is 127 Å². The van der Waals surface area contributed by atoms with Crippen molar-refractivity contribution in [3.8, 4) is 11.6 Å². The van der Waals surface area contributed by atoms with Crippen molar-refractivity contribution >= 4 is 22.9 Å². The number of nitrogens with one attached hydrogen (secondary N) is 2. The number of fused-ring (bicyclic) bond motifs is 1.